The maximum absolute atomic E-state index is 9.07. The summed E-state index contributed by atoms with van der Waals surface area (Å²) in [5.74, 6) is 0. The van der Waals surface area contributed by atoms with E-state index in [1.807, 2.05) is 7.05 Å². The van der Waals surface area contributed by atoms with Gasteiger partial charge in [0.25, 0.3) is 0 Å². The summed E-state index contributed by atoms with van der Waals surface area (Å²) in [6.45, 7) is 5.35. The third-order valence-electron chi connectivity index (χ3n) is 1.89. The number of hydrogen-bond acceptors (Lipinski definition) is 3. The smallest absolute Gasteiger partial charge is 0.0639 e. The molecule has 0 rings (SSSR count). The number of nitrogens with two attached hydrogens (primary N) is 1. The molecule has 3 N–H and O–H groups in total. The fourth-order valence-electron chi connectivity index (χ4n) is 1.06. The second kappa shape index (κ2) is 5.52. The van der Waals surface area contributed by atoms with Crippen LogP contribution in [-0.4, -0.2) is 42.3 Å². The lowest BCUT2D eigenvalue weighted by Crippen LogP contribution is -2.35. The number of likely N-dealkylation sites (N-methyl/N-ethyl adjacent to an activating group) is 1. The van der Waals surface area contributed by atoms with E-state index >= 15 is 0 Å². The van der Waals surface area contributed by atoms with Gasteiger partial charge in [0.15, 0.2) is 0 Å². The van der Waals surface area contributed by atoms with E-state index in [0.717, 1.165) is 13.0 Å². The largest absolute Gasteiger partial charge is 0.392 e. The zero-order valence-corrected chi connectivity index (χ0v) is 7.75. The van der Waals surface area contributed by atoms with Crippen molar-refractivity contribution >= 4 is 0 Å². The van der Waals surface area contributed by atoms with E-state index in [1.165, 1.54) is 0 Å². The molecule has 11 heavy (non-hydrogen) atoms. The predicted molar refractivity (Wildman–Crippen MR) is 47.4 cm³/mol. The highest BCUT2D eigenvalue weighted by Gasteiger charge is 2.09. The summed E-state index contributed by atoms with van der Waals surface area (Å²) >= 11 is 0. The van der Waals surface area contributed by atoms with Crippen molar-refractivity contribution in [1.82, 2.24) is 4.90 Å². The van der Waals surface area contributed by atoms with Crippen molar-refractivity contribution in [1.29, 1.82) is 0 Å². The molecule has 0 aromatic rings. The van der Waals surface area contributed by atoms with Gasteiger partial charge in [-0.1, -0.05) is 0 Å². The van der Waals surface area contributed by atoms with Crippen molar-refractivity contribution in [3.05, 3.63) is 0 Å². The molecule has 0 saturated carbocycles. The molecular formula is C8H20N2O. The molecule has 0 radical (unpaired) electrons. The number of nitrogens with zero attached hydrogens (tertiary/aromatic N) is 1. The van der Waals surface area contributed by atoms with Gasteiger partial charge >= 0.3 is 0 Å². The minimum absolute atomic E-state index is 0.250. The van der Waals surface area contributed by atoms with Crippen molar-refractivity contribution in [2.45, 2.75) is 32.4 Å². The Balaban J connectivity index is 3.54. The molecule has 3 heteroatoms. The first-order valence-corrected chi connectivity index (χ1v) is 4.16. The normalized spacial score (nSPS) is 16.9. The topological polar surface area (TPSA) is 49.5 Å². The van der Waals surface area contributed by atoms with Gasteiger partial charge in [0.05, 0.1) is 6.10 Å². The highest BCUT2D eigenvalue weighted by Crippen LogP contribution is 2.00. The average molecular weight is 160 g/mol. The molecule has 0 amide bonds. The number of rotatable bonds is 5. The average Bonchev–Trinajstić information content (AvgIpc) is 1.86. The molecule has 0 saturated heterocycles. The second-order valence-electron chi connectivity index (χ2n) is 3.21. The van der Waals surface area contributed by atoms with Gasteiger partial charge in [-0.2, -0.15) is 0 Å². The summed E-state index contributed by atoms with van der Waals surface area (Å²) in [4.78, 5) is 2.12. The molecule has 2 atom stereocenters. The van der Waals surface area contributed by atoms with Crippen molar-refractivity contribution in [3.63, 3.8) is 0 Å². The van der Waals surface area contributed by atoms with Crippen LogP contribution in [0.4, 0.5) is 0 Å². The summed E-state index contributed by atoms with van der Waals surface area (Å²) in [5, 5.41) is 9.07. The third kappa shape index (κ3) is 5.18. The highest BCUT2D eigenvalue weighted by atomic mass is 16.3. The zero-order chi connectivity index (χ0) is 8.85. The van der Waals surface area contributed by atoms with Crippen LogP contribution in [-0.2, 0) is 0 Å². The quantitative estimate of drug-likeness (QED) is 0.597. The summed E-state index contributed by atoms with van der Waals surface area (Å²) < 4.78 is 0. The lowest BCUT2D eigenvalue weighted by molar-refractivity contribution is 0.119. The van der Waals surface area contributed by atoms with Crippen molar-refractivity contribution in [3.8, 4) is 0 Å². The molecule has 0 aliphatic rings. The summed E-state index contributed by atoms with van der Waals surface area (Å²) in [5.41, 5.74) is 5.41. The fraction of sp³-hybridized carbons (Fsp3) is 1.00. The Labute approximate surface area is 69.2 Å². The van der Waals surface area contributed by atoms with Crippen molar-refractivity contribution in [2.24, 2.45) is 5.73 Å². The second-order valence-corrected chi connectivity index (χ2v) is 3.21. The predicted octanol–water partition coefficient (Wildman–Crippen LogP) is 0.0363. The molecular weight excluding hydrogens is 140 g/mol. The lowest BCUT2D eigenvalue weighted by Gasteiger charge is -2.25. The summed E-state index contributed by atoms with van der Waals surface area (Å²) in [6, 6.07) is 0.467. The van der Waals surface area contributed by atoms with Crippen molar-refractivity contribution < 1.29 is 5.11 Å². The van der Waals surface area contributed by atoms with Gasteiger partial charge in [-0.05, 0) is 33.9 Å². The Bertz CT molecular complexity index is 96.1. The maximum Gasteiger partial charge on any atom is 0.0639 e. The van der Waals surface area contributed by atoms with Gasteiger partial charge in [-0.25, -0.2) is 0 Å². The van der Waals surface area contributed by atoms with Crippen LogP contribution >= 0.6 is 0 Å². The maximum atomic E-state index is 9.07. The minimum Gasteiger partial charge on any atom is -0.392 e. The Hall–Kier alpha value is -0.120. The van der Waals surface area contributed by atoms with Gasteiger partial charge < -0.3 is 15.7 Å². The van der Waals surface area contributed by atoms with Crippen LogP contribution in [0.5, 0.6) is 0 Å². The van der Waals surface area contributed by atoms with Gasteiger partial charge in [-0.15, -0.1) is 0 Å². The van der Waals surface area contributed by atoms with Gasteiger partial charge in [0.1, 0.15) is 0 Å². The Kier molecular flexibility index (Phi) is 5.46. The fourth-order valence-corrected chi connectivity index (χ4v) is 1.06. The first kappa shape index (κ1) is 10.9. The van der Waals surface area contributed by atoms with E-state index in [0.29, 0.717) is 12.6 Å². The van der Waals surface area contributed by atoms with Gasteiger partial charge in [0.2, 0.25) is 0 Å². The van der Waals surface area contributed by atoms with E-state index in [-0.39, 0.29) is 6.10 Å². The SMILES string of the molecule is CC(O)CN(C)C(C)CCN. The van der Waals surface area contributed by atoms with Crippen LogP contribution in [0.1, 0.15) is 20.3 Å². The van der Waals surface area contributed by atoms with Crippen LogP contribution in [0, 0.1) is 0 Å². The molecule has 0 bridgehead atoms. The van der Waals surface area contributed by atoms with Crippen LogP contribution in [0.3, 0.4) is 0 Å². The molecule has 0 spiro atoms. The van der Waals surface area contributed by atoms with Crippen LogP contribution in [0.15, 0.2) is 0 Å². The van der Waals surface area contributed by atoms with Gasteiger partial charge in [0, 0.05) is 12.6 Å². The van der Waals surface area contributed by atoms with E-state index in [2.05, 4.69) is 11.8 Å². The summed E-state index contributed by atoms with van der Waals surface area (Å²) in [6.07, 6.45) is 0.740. The Morgan fingerprint density at radius 2 is 2.00 bits per heavy atom. The molecule has 68 valence electrons. The number of hydrogen-bond donors (Lipinski definition) is 2. The molecule has 0 heterocycles. The van der Waals surface area contributed by atoms with E-state index < -0.39 is 0 Å². The Morgan fingerprint density at radius 3 is 2.36 bits per heavy atom. The van der Waals surface area contributed by atoms with Crippen LogP contribution in [0.2, 0.25) is 0 Å². The van der Waals surface area contributed by atoms with Gasteiger partial charge in [-0.3, -0.25) is 0 Å². The zero-order valence-electron chi connectivity index (χ0n) is 7.75. The summed E-state index contributed by atoms with van der Waals surface area (Å²) in [7, 11) is 2.01. The third-order valence-corrected chi connectivity index (χ3v) is 1.89. The highest BCUT2D eigenvalue weighted by molar-refractivity contribution is 4.65. The number of aliphatic hydroxyl groups excluding tert-OH is 1. The molecule has 0 aliphatic carbocycles. The Morgan fingerprint density at radius 1 is 1.45 bits per heavy atom. The molecule has 0 aromatic carbocycles. The van der Waals surface area contributed by atoms with Crippen molar-refractivity contribution in [2.75, 3.05) is 20.1 Å². The monoisotopic (exact) mass is 160 g/mol. The molecule has 0 fully saturated rings. The van der Waals surface area contributed by atoms with Crippen LogP contribution in [0.25, 0.3) is 0 Å². The minimum atomic E-state index is -0.250. The number of aliphatic hydroxyl groups is 1. The standard InChI is InChI=1S/C8H20N2O/c1-7(4-5-9)10(3)6-8(2)11/h7-8,11H,4-6,9H2,1-3H3. The molecule has 2 unspecified atom stereocenters. The van der Waals surface area contributed by atoms with E-state index in [1.54, 1.807) is 6.92 Å². The van der Waals surface area contributed by atoms with E-state index in [4.69, 9.17) is 10.8 Å². The van der Waals surface area contributed by atoms with Crippen LogP contribution < -0.4 is 5.73 Å². The molecule has 0 aromatic heterocycles. The van der Waals surface area contributed by atoms with E-state index in [9.17, 15) is 0 Å². The first-order valence-electron chi connectivity index (χ1n) is 4.16. The first-order chi connectivity index (χ1) is 5.07. The molecule has 3 nitrogen and oxygen atoms in total. The molecule has 0 aliphatic heterocycles. The lowest BCUT2D eigenvalue weighted by atomic mass is 10.2.